The Morgan fingerprint density at radius 1 is 1.09 bits per heavy atom. The molecular formula is C21H27ClO. The second-order valence-corrected chi connectivity index (χ2v) is 8.81. The first-order valence-corrected chi connectivity index (χ1v) is 9.42. The van der Waals surface area contributed by atoms with Crippen LogP contribution in [0.15, 0.2) is 35.4 Å². The van der Waals surface area contributed by atoms with Gasteiger partial charge in [0.05, 0.1) is 11.2 Å². The first-order chi connectivity index (χ1) is 10.9. The van der Waals surface area contributed by atoms with Crippen molar-refractivity contribution in [3.63, 3.8) is 0 Å². The predicted octanol–water partition coefficient (Wildman–Crippen LogP) is 5.96. The average Bonchev–Trinajstić information content (AvgIpc) is 2.71. The van der Waals surface area contributed by atoms with Crippen LogP contribution in [0.3, 0.4) is 0 Å². The van der Waals surface area contributed by atoms with Crippen LogP contribution < -0.4 is 0 Å². The molecule has 23 heavy (non-hydrogen) atoms. The fourth-order valence-electron chi connectivity index (χ4n) is 5.36. The molecule has 1 saturated heterocycles. The molecule has 1 heterocycles. The highest BCUT2D eigenvalue weighted by Gasteiger charge is 2.59. The van der Waals surface area contributed by atoms with E-state index in [1.54, 1.807) is 11.1 Å². The zero-order valence-corrected chi connectivity index (χ0v) is 15.2. The summed E-state index contributed by atoms with van der Waals surface area (Å²) in [5, 5.41) is 0.815. The molecule has 4 rings (SSSR count). The van der Waals surface area contributed by atoms with E-state index >= 15 is 0 Å². The van der Waals surface area contributed by atoms with Gasteiger partial charge >= 0.3 is 0 Å². The highest BCUT2D eigenvalue weighted by atomic mass is 35.5. The van der Waals surface area contributed by atoms with Crippen LogP contribution in [-0.4, -0.2) is 11.2 Å². The summed E-state index contributed by atoms with van der Waals surface area (Å²) < 4.78 is 6.86. The number of hydrogen-bond acceptors (Lipinski definition) is 1. The molecule has 0 radical (unpaired) electrons. The zero-order valence-electron chi connectivity index (χ0n) is 14.5. The molecule has 1 aromatic rings. The van der Waals surface area contributed by atoms with Crippen molar-refractivity contribution in [2.45, 2.75) is 70.5 Å². The van der Waals surface area contributed by atoms with Gasteiger partial charge < -0.3 is 4.74 Å². The second-order valence-electron chi connectivity index (χ2n) is 8.37. The molecule has 0 aromatic heterocycles. The van der Waals surface area contributed by atoms with E-state index < -0.39 is 0 Å². The predicted molar refractivity (Wildman–Crippen MR) is 95.8 cm³/mol. The molecule has 1 saturated carbocycles. The SMILES string of the molecule is CC1=C(Cc2ccc(Cl)cc2)C23CC(CCC2CC1)C(C)(C)O3. The second kappa shape index (κ2) is 5.36. The number of hydrogen-bond donors (Lipinski definition) is 0. The maximum atomic E-state index is 6.86. The Morgan fingerprint density at radius 2 is 1.78 bits per heavy atom. The van der Waals surface area contributed by atoms with Crippen LogP contribution in [0.1, 0.15) is 58.4 Å². The summed E-state index contributed by atoms with van der Waals surface area (Å²) in [6, 6.07) is 8.36. The summed E-state index contributed by atoms with van der Waals surface area (Å²) in [6.07, 6.45) is 7.47. The van der Waals surface area contributed by atoms with E-state index in [9.17, 15) is 0 Å². The smallest absolute Gasteiger partial charge is 0.0936 e. The van der Waals surface area contributed by atoms with E-state index in [0.717, 1.165) is 11.4 Å². The van der Waals surface area contributed by atoms with Gasteiger partial charge in [-0.15, -0.1) is 0 Å². The monoisotopic (exact) mass is 330 g/mol. The van der Waals surface area contributed by atoms with Gasteiger partial charge in [-0.05, 0) is 94.4 Å². The van der Waals surface area contributed by atoms with Gasteiger partial charge in [0, 0.05) is 5.02 Å². The molecule has 3 aliphatic rings. The first-order valence-electron chi connectivity index (χ1n) is 9.04. The van der Waals surface area contributed by atoms with Gasteiger partial charge in [-0.3, -0.25) is 0 Å². The van der Waals surface area contributed by atoms with Crippen molar-refractivity contribution >= 4 is 11.6 Å². The molecule has 2 bridgehead atoms. The summed E-state index contributed by atoms with van der Waals surface area (Å²) in [4.78, 5) is 0. The summed E-state index contributed by atoms with van der Waals surface area (Å²) >= 11 is 6.06. The summed E-state index contributed by atoms with van der Waals surface area (Å²) in [6.45, 7) is 6.94. The molecule has 2 fully saturated rings. The molecule has 3 atom stereocenters. The summed E-state index contributed by atoms with van der Waals surface area (Å²) in [5.41, 5.74) is 4.53. The molecule has 1 aromatic carbocycles. The summed E-state index contributed by atoms with van der Waals surface area (Å²) in [5.74, 6) is 1.43. The number of fused-ring (bicyclic) bond motifs is 1. The van der Waals surface area contributed by atoms with Gasteiger partial charge in [0.15, 0.2) is 0 Å². The zero-order chi connectivity index (χ0) is 16.2. The molecule has 124 valence electrons. The van der Waals surface area contributed by atoms with E-state index in [0.29, 0.717) is 11.8 Å². The maximum absolute atomic E-state index is 6.86. The average molecular weight is 331 g/mol. The van der Waals surface area contributed by atoms with Gasteiger partial charge in [-0.25, -0.2) is 0 Å². The Morgan fingerprint density at radius 3 is 2.52 bits per heavy atom. The highest BCUT2D eigenvalue weighted by molar-refractivity contribution is 6.30. The maximum Gasteiger partial charge on any atom is 0.0936 e. The number of rotatable bonds is 2. The van der Waals surface area contributed by atoms with Gasteiger partial charge in [-0.2, -0.15) is 0 Å². The molecule has 1 nitrogen and oxygen atoms in total. The number of benzene rings is 1. The van der Waals surface area contributed by atoms with Gasteiger partial charge in [0.2, 0.25) is 0 Å². The molecular weight excluding hydrogens is 304 g/mol. The molecule has 0 N–H and O–H groups in total. The topological polar surface area (TPSA) is 9.23 Å². The largest absolute Gasteiger partial charge is 0.364 e. The van der Waals surface area contributed by atoms with Crippen LogP contribution in [0.2, 0.25) is 5.02 Å². The third kappa shape index (κ3) is 2.48. The van der Waals surface area contributed by atoms with Crippen molar-refractivity contribution in [1.29, 1.82) is 0 Å². The lowest BCUT2D eigenvalue weighted by Crippen LogP contribution is -2.45. The third-order valence-corrected chi connectivity index (χ3v) is 6.94. The first kappa shape index (κ1) is 15.7. The van der Waals surface area contributed by atoms with Crippen LogP contribution >= 0.6 is 11.6 Å². The molecule has 1 spiro atoms. The van der Waals surface area contributed by atoms with Crippen molar-refractivity contribution in [3.05, 3.63) is 46.0 Å². The van der Waals surface area contributed by atoms with Gasteiger partial charge in [-0.1, -0.05) is 29.3 Å². The summed E-state index contributed by atoms with van der Waals surface area (Å²) in [7, 11) is 0. The van der Waals surface area contributed by atoms with Crippen LogP contribution in [-0.2, 0) is 11.2 Å². The molecule has 0 amide bonds. The number of ether oxygens (including phenoxy) is 1. The van der Waals surface area contributed by atoms with Gasteiger partial charge in [0.1, 0.15) is 0 Å². The Hall–Kier alpha value is -0.790. The van der Waals surface area contributed by atoms with Crippen LogP contribution in [0.5, 0.6) is 0 Å². The lowest BCUT2D eigenvalue weighted by atomic mass is 9.61. The van der Waals surface area contributed by atoms with Gasteiger partial charge in [0.25, 0.3) is 0 Å². The Labute approximate surface area is 145 Å². The Bertz CT molecular complexity index is 642. The molecule has 2 aliphatic carbocycles. The normalized spacial score (nSPS) is 35.3. The standard InChI is InChI=1S/C21H27ClO/c1-14-4-7-16-8-9-17-13-21(16,23-20(17,2)3)19(14)12-15-5-10-18(22)11-6-15/h5-6,10-11,16-17H,4,7-9,12-13H2,1-3H3. The van der Waals surface area contributed by atoms with E-state index in [2.05, 4.69) is 32.9 Å². The van der Waals surface area contributed by atoms with E-state index in [4.69, 9.17) is 16.3 Å². The van der Waals surface area contributed by atoms with Crippen LogP contribution in [0.25, 0.3) is 0 Å². The molecule has 2 heteroatoms. The van der Waals surface area contributed by atoms with Crippen molar-refractivity contribution in [2.24, 2.45) is 11.8 Å². The lowest BCUT2D eigenvalue weighted by molar-refractivity contribution is -0.0982. The minimum atomic E-state index is 0.00832. The lowest BCUT2D eigenvalue weighted by Gasteiger charge is -2.46. The Kier molecular flexibility index (Phi) is 3.66. The third-order valence-electron chi connectivity index (χ3n) is 6.69. The molecule has 3 unspecified atom stereocenters. The van der Waals surface area contributed by atoms with Crippen molar-refractivity contribution in [3.8, 4) is 0 Å². The van der Waals surface area contributed by atoms with Crippen molar-refractivity contribution in [1.82, 2.24) is 0 Å². The van der Waals surface area contributed by atoms with E-state index in [1.165, 1.54) is 37.7 Å². The minimum Gasteiger partial charge on any atom is -0.364 e. The van der Waals surface area contributed by atoms with Crippen LogP contribution in [0, 0.1) is 11.8 Å². The number of allylic oxidation sites excluding steroid dienone is 1. The van der Waals surface area contributed by atoms with Crippen LogP contribution in [0.4, 0.5) is 0 Å². The fourth-order valence-corrected chi connectivity index (χ4v) is 5.49. The van der Waals surface area contributed by atoms with Crippen molar-refractivity contribution in [2.75, 3.05) is 0 Å². The van der Waals surface area contributed by atoms with E-state index in [-0.39, 0.29) is 11.2 Å². The minimum absolute atomic E-state index is 0.00832. The fraction of sp³-hybridized carbons (Fsp3) is 0.619. The van der Waals surface area contributed by atoms with E-state index in [1.807, 2.05) is 12.1 Å². The Balaban J connectivity index is 1.73. The highest BCUT2D eigenvalue weighted by Crippen LogP contribution is 2.60. The number of halogens is 1. The quantitative estimate of drug-likeness (QED) is 0.608. The van der Waals surface area contributed by atoms with Crippen molar-refractivity contribution < 1.29 is 4.74 Å². The molecule has 1 aliphatic heterocycles.